The van der Waals surface area contributed by atoms with E-state index in [2.05, 4.69) is 40.0 Å². The zero-order valence-electron chi connectivity index (χ0n) is 12.6. The van der Waals surface area contributed by atoms with Gasteiger partial charge in [0.1, 0.15) is 5.15 Å². The number of benzene rings is 1. The topological polar surface area (TPSA) is 63.2 Å². The number of anilines is 2. The number of carbonyl (C=O) groups excluding carboxylic acids is 1. The molecule has 0 saturated carbocycles. The molecule has 5 nitrogen and oxygen atoms in total. The first kappa shape index (κ1) is 16.7. The van der Waals surface area contributed by atoms with E-state index in [1.807, 2.05) is 18.2 Å². The number of para-hydroxylation sites is 1. The Morgan fingerprint density at radius 2 is 2.00 bits per heavy atom. The van der Waals surface area contributed by atoms with Crippen LogP contribution in [-0.4, -0.2) is 31.3 Å². The molecule has 0 radical (unpaired) electrons. The van der Waals surface area contributed by atoms with Crippen LogP contribution < -0.4 is 16.1 Å². The van der Waals surface area contributed by atoms with Crippen molar-refractivity contribution in [1.29, 1.82) is 0 Å². The Balaban J connectivity index is 2.41. The van der Waals surface area contributed by atoms with Crippen molar-refractivity contribution < 1.29 is 9.63 Å². The maximum atomic E-state index is 12.0. The third-order valence-electron chi connectivity index (χ3n) is 2.97. The molecule has 22 heavy (non-hydrogen) atoms. The first-order valence-electron chi connectivity index (χ1n) is 6.55. The van der Waals surface area contributed by atoms with Gasteiger partial charge in [0, 0.05) is 11.9 Å². The van der Waals surface area contributed by atoms with Crippen molar-refractivity contribution in [2.75, 3.05) is 25.8 Å². The Hall–Kier alpha value is -1.68. The lowest BCUT2D eigenvalue weighted by atomic mass is 10.2. The Morgan fingerprint density at radius 3 is 2.68 bits per heavy atom. The number of hydroxylamine groups is 1. The fourth-order valence-corrected chi connectivity index (χ4v) is 3.13. The highest BCUT2D eigenvalue weighted by Gasteiger charge is 2.14. The Kier molecular flexibility index (Phi) is 5.72. The fourth-order valence-electron chi connectivity index (χ4n) is 1.98. The Bertz CT molecular complexity index is 680. The molecule has 2 rings (SSSR count). The van der Waals surface area contributed by atoms with E-state index >= 15 is 0 Å². The molecule has 0 atom stereocenters. The van der Waals surface area contributed by atoms with Crippen molar-refractivity contribution in [1.82, 2.24) is 10.5 Å². The number of amides is 1. The highest BCUT2D eigenvalue weighted by atomic mass is 35.5. The highest BCUT2D eigenvalue weighted by molar-refractivity contribution is 7.64. The molecular formula is C15H17ClN3O2P. The van der Waals surface area contributed by atoms with Crippen LogP contribution in [0.25, 0.3) is 0 Å². The van der Waals surface area contributed by atoms with Gasteiger partial charge < -0.3 is 5.32 Å². The second-order valence-corrected chi connectivity index (χ2v) is 7.38. The molecule has 0 bridgehead atoms. The predicted molar refractivity (Wildman–Crippen MR) is 91.8 cm³/mol. The first-order chi connectivity index (χ1) is 10.5. The van der Waals surface area contributed by atoms with Crippen molar-refractivity contribution in [2.45, 2.75) is 0 Å². The minimum Gasteiger partial charge on any atom is -0.354 e. The number of hydrogen-bond acceptors (Lipinski definition) is 4. The normalized spacial score (nSPS) is 10.6. The minimum absolute atomic E-state index is 0.288. The van der Waals surface area contributed by atoms with Crippen molar-refractivity contribution >= 4 is 42.1 Å². The number of pyridine rings is 1. The number of nitrogens with zero attached hydrogens (tertiary/aromatic N) is 1. The summed E-state index contributed by atoms with van der Waals surface area (Å²) in [6.45, 7) is 4.35. The van der Waals surface area contributed by atoms with Crippen LogP contribution in [0.5, 0.6) is 0 Å². The third kappa shape index (κ3) is 3.95. The SMILES string of the molecule is CONC(=O)c1cnc(Cl)cc1Nc1ccccc1P(C)C. The van der Waals surface area contributed by atoms with Gasteiger partial charge in [-0.1, -0.05) is 37.7 Å². The molecule has 0 aliphatic heterocycles. The van der Waals surface area contributed by atoms with Crippen molar-refractivity contribution in [2.24, 2.45) is 0 Å². The summed E-state index contributed by atoms with van der Waals surface area (Å²) in [5, 5.41) is 4.80. The molecule has 1 aromatic carbocycles. The average molecular weight is 338 g/mol. The number of halogens is 1. The van der Waals surface area contributed by atoms with E-state index in [1.54, 1.807) is 6.07 Å². The van der Waals surface area contributed by atoms with Crippen LogP contribution in [0.4, 0.5) is 11.4 Å². The van der Waals surface area contributed by atoms with Crippen LogP contribution in [0.3, 0.4) is 0 Å². The van der Waals surface area contributed by atoms with Gasteiger partial charge in [-0.2, -0.15) is 0 Å². The summed E-state index contributed by atoms with van der Waals surface area (Å²) in [7, 11) is 1.09. The van der Waals surface area contributed by atoms with Gasteiger partial charge in [-0.3, -0.25) is 9.63 Å². The standard InChI is InChI=1S/C15H17ClN3O2P/c1-21-19-15(20)10-9-17-14(16)8-12(10)18-11-6-4-5-7-13(11)22(2)3/h4-9H,1-3H3,(H,17,18)(H,19,20). The zero-order chi connectivity index (χ0) is 16.1. The molecule has 1 heterocycles. The molecule has 1 aromatic heterocycles. The van der Waals surface area contributed by atoms with Gasteiger partial charge in [-0.25, -0.2) is 10.5 Å². The molecular weight excluding hydrogens is 321 g/mol. The van der Waals surface area contributed by atoms with Gasteiger partial charge in [0.25, 0.3) is 5.91 Å². The van der Waals surface area contributed by atoms with Gasteiger partial charge in [0.05, 0.1) is 18.4 Å². The van der Waals surface area contributed by atoms with Gasteiger partial charge in [0.2, 0.25) is 0 Å². The van der Waals surface area contributed by atoms with E-state index in [0.29, 0.717) is 16.4 Å². The second-order valence-electron chi connectivity index (χ2n) is 4.72. The lowest BCUT2D eigenvalue weighted by Crippen LogP contribution is -2.23. The highest BCUT2D eigenvalue weighted by Crippen LogP contribution is 2.30. The summed E-state index contributed by atoms with van der Waals surface area (Å²) in [6, 6.07) is 9.62. The molecule has 0 aliphatic rings. The maximum absolute atomic E-state index is 12.0. The number of nitrogens with one attached hydrogen (secondary N) is 2. The first-order valence-corrected chi connectivity index (χ1v) is 9.16. The zero-order valence-corrected chi connectivity index (χ0v) is 14.2. The summed E-state index contributed by atoms with van der Waals surface area (Å²) < 4.78 is 0. The van der Waals surface area contributed by atoms with Gasteiger partial charge in [-0.15, -0.1) is 0 Å². The van der Waals surface area contributed by atoms with Crippen LogP contribution in [0.1, 0.15) is 10.4 Å². The molecule has 2 aromatic rings. The summed E-state index contributed by atoms with van der Waals surface area (Å²) in [6.07, 6.45) is 1.42. The van der Waals surface area contributed by atoms with Crippen LogP contribution in [0, 0.1) is 0 Å². The van der Waals surface area contributed by atoms with Gasteiger partial charge in [0.15, 0.2) is 0 Å². The molecule has 1 amide bonds. The molecule has 0 fully saturated rings. The quantitative estimate of drug-likeness (QED) is 0.500. The van der Waals surface area contributed by atoms with Gasteiger partial charge in [-0.05, 0) is 30.8 Å². The molecule has 116 valence electrons. The van der Waals surface area contributed by atoms with E-state index in [4.69, 9.17) is 11.6 Å². The summed E-state index contributed by atoms with van der Waals surface area (Å²) >= 11 is 5.96. The molecule has 0 spiro atoms. The monoisotopic (exact) mass is 337 g/mol. The summed E-state index contributed by atoms with van der Waals surface area (Å²) in [5.74, 6) is -0.387. The van der Waals surface area contributed by atoms with Crippen LogP contribution >= 0.6 is 19.5 Å². The average Bonchev–Trinajstić information content (AvgIpc) is 2.48. The second kappa shape index (κ2) is 7.54. The van der Waals surface area contributed by atoms with E-state index in [1.165, 1.54) is 18.6 Å². The van der Waals surface area contributed by atoms with Crippen molar-refractivity contribution in [3.05, 3.63) is 47.2 Å². The van der Waals surface area contributed by atoms with Crippen molar-refractivity contribution in [3.8, 4) is 0 Å². The summed E-state index contributed by atoms with van der Waals surface area (Å²) in [4.78, 5) is 20.7. The van der Waals surface area contributed by atoms with Crippen LogP contribution in [-0.2, 0) is 4.84 Å². The van der Waals surface area contributed by atoms with Crippen molar-refractivity contribution in [3.63, 3.8) is 0 Å². The number of aromatic nitrogens is 1. The predicted octanol–water partition coefficient (Wildman–Crippen LogP) is 3.14. The number of rotatable bonds is 5. The van der Waals surface area contributed by atoms with E-state index in [0.717, 1.165) is 5.69 Å². The molecule has 0 saturated heterocycles. The minimum atomic E-state index is -0.387. The maximum Gasteiger partial charge on any atom is 0.278 e. The number of hydrogen-bond donors (Lipinski definition) is 2. The van der Waals surface area contributed by atoms with E-state index in [-0.39, 0.29) is 13.8 Å². The van der Waals surface area contributed by atoms with Crippen LogP contribution in [0.15, 0.2) is 36.5 Å². The smallest absolute Gasteiger partial charge is 0.278 e. The summed E-state index contributed by atoms with van der Waals surface area (Å²) in [5.41, 5.74) is 4.18. The van der Waals surface area contributed by atoms with Crippen LogP contribution in [0.2, 0.25) is 5.15 Å². The molecule has 2 N–H and O–H groups in total. The lowest BCUT2D eigenvalue weighted by molar-refractivity contribution is 0.0538. The Labute approximate surface area is 135 Å². The van der Waals surface area contributed by atoms with Gasteiger partial charge >= 0.3 is 0 Å². The largest absolute Gasteiger partial charge is 0.354 e. The third-order valence-corrected chi connectivity index (χ3v) is 4.53. The number of carbonyl (C=O) groups is 1. The fraction of sp³-hybridized carbons (Fsp3) is 0.200. The van der Waals surface area contributed by atoms with E-state index < -0.39 is 0 Å². The molecule has 0 unspecified atom stereocenters. The van der Waals surface area contributed by atoms with E-state index in [9.17, 15) is 4.79 Å². The molecule has 0 aliphatic carbocycles. The lowest BCUT2D eigenvalue weighted by Gasteiger charge is -2.16. The molecule has 7 heteroatoms. The Morgan fingerprint density at radius 1 is 1.27 bits per heavy atom.